The number of amides is 4. The third-order valence-electron chi connectivity index (χ3n) is 10.4. The van der Waals surface area contributed by atoms with Gasteiger partial charge in [0.25, 0.3) is 0 Å². The van der Waals surface area contributed by atoms with E-state index in [1.165, 1.54) is 4.90 Å². The Morgan fingerprint density at radius 1 is 0.981 bits per heavy atom. The maximum absolute atomic E-state index is 14.1. The van der Waals surface area contributed by atoms with Gasteiger partial charge in [0.15, 0.2) is 0 Å². The standard InChI is InChI=1S/C39H58N6O6S/c1-24(28-9-11-29(12-10-28)33-25(2)40-23-52-33)41-35(48)31-18-30(46)21-45(31)36(49)34(38(3,4)5)42-32(47)22-43-19-27(20-43)17-26-13-15-44(16-14-26)37(50)51-39(6,7)8/h9-12,23-24,26-27,30-31,34,46H,13-22H2,1-8H3,(H,41,48)(H,42,47)/t24-,30+,31-,34+/m0/s1. The molecule has 286 valence electrons. The summed E-state index contributed by atoms with van der Waals surface area (Å²) in [5, 5.41) is 16.6. The Kier molecular flexibility index (Phi) is 12.4. The number of nitrogens with zero attached hydrogens (tertiary/aromatic N) is 4. The lowest BCUT2D eigenvalue weighted by Crippen LogP contribution is -2.60. The average Bonchev–Trinajstić information content (AvgIpc) is 3.66. The Morgan fingerprint density at radius 3 is 2.21 bits per heavy atom. The predicted molar refractivity (Wildman–Crippen MR) is 201 cm³/mol. The molecule has 0 spiro atoms. The Bertz CT molecular complexity index is 1570. The van der Waals surface area contributed by atoms with Gasteiger partial charge < -0.3 is 30.3 Å². The number of hydrogen-bond donors (Lipinski definition) is 3. The van der Waals surface area contributed by atoms with Crippen molar-refractivity contribution < 1.29 is 29.0 Å². The van der Waals surface area contributed by atoms with Gasteiger partial charge in [-0.3, -0.25) is 19.3 Å². The van der Waals surface area contributed by atoms with E-state index in [1.54, 1.807) is 16.2 Å². The first-order valence-electron chi connectivity index (χ1n) is 18.7. The molecule has 0 saturated carbocycles. The van der Waals surface area contributed by atoms with Gasteiger partial charge >= 0.3 is 6.09 Å². The van der Waals surface area contributed by atoms with Crippen LogP contribution in [0, 0.1) is 24.2 Å². The molecule has 3 aliphatic rings. The number of thiazole rings is 1. The Morgan fingerprint density at radius 2 is 1.63 bits per heavy atom. The highest BCUT2D eigenvalue weighted by atomic mass is 32.1. The summed E-state index contributed by atoms with van der Waals surface area (Å²) in [5.41, 5.74) is 3.67. The van der Waals surface area contributed by atoms with Crippen molar-refractivity contribution in [3.05, 3.63) is 41.0 Å². The van der Waals surface area contributed by atoms with Gasteiger partial charge in [0, 0.05) is 39.1 Å². The zero-order chi connectivity index (χ0) is 38.0. The SMILES string of the molecule is Cc1ncsc1-c1ccc([C@H](C)NC(=O)[C@@H]2C[C@@H](O)CN2C(=O)[C@@H](NC(=O)CN2CC(CC3CCN(C(=O)OC(C)(C)C)CC3)C2)C(C)(C)C)cc1. The number of rotatable bonds is 10. The van der Waals surface area contributed by atoms with Crippen molar-refractivity contribution in [3.63, 3.8) is 0 Å². The van der Waals surface area contributed by atoms with Crippen molar-refractivity contribution in [1.82, 2.24) is 30.3 Å². The molecule has 12 nitrogen and oxygen atoms in total. The molecule has 13 heteroatoms. The normalized spacial score (nSPS) is 21.7. The molecule has 52 heavy (non-hydrogen) atoms. The fourth-order valence-corrected chi connectivity index (χ4v) is 8.34. The van der Waals surface area contributed by atoms with E-state index in [-0.39, 0.29) is 49.4 Å². The highest BCUT2D eigenvalue weighted by molar-refractivity contribution is 7.13. The van der Waals surface area contributed by atoms with Crippen molar-refractivity contribution in [2.75, 3.05) is 39.3 Å². The average molecular weight is 739 g/mol. The number of β-amino-alcohol motifs (C(OH)–C–C–N with tert-alkyl or cyclic N) is 1. The fraction of sp³-hybridized carbons (Fsp3) is 0.667. The fourth-order valence-electron chi connectivity index (χ4n) is 7.53. The maximum Gasteiger partial charge on any atom is 0.410 e. The summed E-state index contributed by atoms with van der Waals surface area (Å²) in [7, 11) is 0. The number of aromatic nitrogens is 1. The Hall–Kier alpha value is -3.55. The van der Waals surface area contributed by atoms with Crippen LogP contribution in [0.15, 0.2) is 29.8 Å². The van der Waals surface area contributed by atoms with E-state index >= 15 is 0 Å². The van der Waals surface area contributed by atoms with Crippen molar-refractivity contribution in [1.29, 1.82) is 0 Å². The number of nitrogens with one attached hydrogen (secondary N) is 2. The van der Waals surface area contributed by atoms with Gasteiger partial charge in [0.1, 0.15) is 17.7 Å². The van der Waals surface area contributed by atoms with Crippen LogP contribution in [0.1, 0.15) is 91.4 Å². The van der Waals surface area contributed by atoms with E-state index < -0.39 is 29.2 Å². The number of ether oxygens (including phenoxy) is 1. The zero-order valence-corrected chi connectivity index (χ0v) is 32.9. The first kappa shape index (κ1) is 39.7. The number of aliphatic hydroxyl groups excluding tert-OH is 1. The van der Waals surface area contributed by atoms with E-state index in [9.17, 15) is 24.3 Å². The van der Waals surface area contributed by atoms with Gasteiger partial charge in [0.05, 0.1) is 34.8 Å². The number of benzene rings is 1. The van der Waals surface area contributed by atoms with Crippen LogP contribution in [0.2, 0.25) is 0 Å². The van der Waals surface area contributed by atoms with E-state index in [4.69, 9.17) is 4.74 Å². The van der Waals surface area contributed by atoms with Crippen molar-refractivity contribution in [2.45, 2.75) is 111 Å². The first-order chi connectivity index (χ1) is 24.4. The highest BCUT2D eigenvalue weighted by Gasteiger charge is 2.45. The number of hydrogen-bond acceptors (Lipinski definition) is 9. The van der Waals surface area contributed by atoms with Crippen LogP contribution in [-0.2, 0) is 19.1 Å². The lowest BCUT2D eigenvalue weighted by molar-refractivity contribution is -0.144. The van der Waals surface area contributed by atoms with Crippen LogP contribution in [0.3, 0.4) is 0 Å². The summed E-state index contributed by atoms with van der Waals surface area (Å²) in [6.45, 7) is 18.5. The third-order valence-corrected chi connectivity index (χ3v) is 11.4. The summed E-state index contributed by atoms with van der Waals surface area (Å²) in [6.07, 6.45) is 2.03. The summed E-state index contributed by atoms with van der Waals surface area (Å²) < 4.78 is 5.52. The van der Waals surface area contributed by atoms with Gasteiger partial charge in [-0.25, -0.2) is 9.78 Å². The second-order valence-corrected chi connectivity index (χ2v) is 17.9. The molecule has 3 fully saturated rings. The van der Waals surface area contributed by atoms with E-state index in [0.717, 1.165) is 54.0 Å². The molecular formula is C39H58N6O6S. The molecule has 4 atom stereocenters. The first-order valence-corrected chi connectivity index (χ1v) is 19.5. The molecule has 0 bridgehead atoms. The molecule has 4 heterocycles. The molecule has 0 unspecified atom stereocenters. The molecule has 3 aliphatic heterocycles. The monoisotopic (exact) mass is 738 g/mol. The van der Waals surface area contributed by atoms with Crippen LogP contribution in [0.25, 0.3) is 10.4 Å². The van der Waals surface area contributed by atoms with Crippen molar-refractivity contribution in [3.8, 4) is 10.4 Å². The molecule has 0 radical (unpaired) electrons. The van der Waals surface area contributed by atoms with Gasteiger partial charge in [-0.1, -0.05) is 45.0 Å². The molecular weight excluding hydrogens is 681 g/mol. The van der Waals surface area contributed by atoms with Gasteiger partial charge in [0.2, 0.25) is 17.7 Å². The molecule has 5 rings (SSSR count). The summed E-state index contributed by atoms with van der Waals surface area (Å²) >= 11 is 1.59. The lowest BCUT2D eigenvalue weighted by atomic mass is 9.83. The quantitative estimate of drug-likeness (QED) is 0.317. The van der Waals surface area contributed by atoms with Crippen LogP contribution < -0.4 is 10.6 Å². The van der Waals surface area contributed by atoms with Gasteiger partial charge in [-0.05, 0) is 82.3 Å². The lowest BCUT2D eigenvalue weighted by Gasteiger charge is -2.42. The van der Waals surface area contributed by atoms with E-state index in [0.29, 0.717) is 24.9 Å². The van der Waals surface area contributed by atoms with Gasteiger partial charge in [-0.15, -0.1) is 11.3 Å². The largest absolute Gasteiger partial charge is 0.444 e. The topological polar surface area (TPSA) is 144 Å². The molecule has 3 N–H and O–H groups in total. The minimum absolute atomic E-state index is 0.0289. The highest BCUT2D eigenvalue weighted by Crippen LogP contribution is 2.32. The molecule has 4 amide bonds. The van der Waals surface area contributed by atoms with E-state index in [1.807, 2.05) is 85.2 Å². The molecule has 2 aromatic rings. The smallest absolute Gasteiger partial charge is 0.410 e. The zero-order valence-electron chi connectivity index (χ0n) is 32.1. The second-order valence-electron chi connectivity index (χ2n) is 17.1. The number of aliphatic hydroxyl groups is 1. The van der Waals surface area contributed by atoms with Crippen LogP contribution in [-0.4, -0.2) is 112 Å². The summed E-state index contributed by atoms with van der Waals surface area (Å²) in [4.78, 5) is 64.2. The number of aryl methyl sites for hydroxylation is 1. The minimum Gasteiger partial charge on any atom is -0.444 e. The van der Waals surface area contributed by atoms with Gasteiger partial charge in [-0.2, -0.15) is 0 Å². The summed E-state index contributed by atoms with van der Waals surface area (Å²) in [6, 6.07) is 5.96. The van der Waals surface area contributed by atoms with Crippen molar-refractivity contribution >= 4 is 35.2 Å². The minimum atomic E-state index is -0.868. The Labute approximate surface area is 312 Å². The third kappa shape index (κ3) is 10.1. The number of likely N-dealkylation sites (tertiary alicyclic amines) is 3. The second kappa shape index (κ2) is 16.2. The van der Waals surface area contributed by atoms with Crippen LogP contribution in [0.4, 0.5) is 4.79 Å². The molecule has 0 aliphatic carbocycles. The molecule has 1 aromatic carbocycles. The number of carbonyl (C=O) groups is 4. The van der Waals surface area contributed by atoms with Crippen molar-refractivity contribution in [2.24, 2.45) is 17.3 Å². The van der Waals surface area contributed by atoms with Crippen LogP contribution in [0.5, 0.6) is 0 Å². The molecule has 1 aromatic heterocycles. The van der Waals surface area contributed by atoms with Crippen LogP contribution >= 0.6 is 11.3 Å². The summed E-state index contributed by atoms with van der Waals surface area (Å²) in [5.74, 6) is 0.114. The molecule has 3 saturated heterocycles. The van der Waals surface area contributed by atoms with E-state index in [2.05, 4.69) is 20.5 Å². The maximum atomic E-state index is 14.1. The Balaban J connectivity index is 1.10. The number of carbonyl (C=O) groups excluding carboxylic acids is 4. The predicted octanol–water partition coefficient (Wildman–Crippen LogP) is 4.76. The number of piperidine rings is 1.